The Morgan fingerprint density at radius 3 is 1.73 bits per heavy atom. The second-order valence-corrected chi connectivity index (χ2v) is 5.21. The fourth-order valence-corrected chi connectivity index (χ4v) is 0.872. The van der Waals surface area contributed by atoms with Crippen molar-refractivity contribution in [3.8, 4) is 0 Å². The van der Waals surface area contributed by atoms with Gasteiger partial charge in [-0.3, -0.25) is 4.74 Å². The van der Waals surface area contributed by atoms with Crippen molar-refractivity contribution >= 4 is 8.52 Å². The van der Waals surface area contributed by atoms with Gasteiger partial charge in [0.05, 0.1) is 5.54 Å². The van der Waals surface area contributed by atoms with E-state index < -0.39 is 0 Å². The molecule has 0 rings (SSSR count). The molecule has 0 fully saturated rings. The van der Waals surface area contributed by atoms with E-state index in [0.29, 0.717) is 0 Å². The highest BCUT2D eigenvalue weighted by atomic mass is 31.1. The van der Waals surface area contributed by atoms with Crippen LogP contribution in [-0.4, -0.2) is 11.1 Å². The SMILES string of the molecule is CC(C)(C)N=P[N-]C(C)(C)C. The van der Waals surface area contributed by atoms with Gasteiger partial charge in [-0.15, -0.1) is 14.1 Å². The van der Waals surface area contributed by atoms with Crippen LogP contribution >= 0.6 is 8.52 Å². The largest absolute Gasteiger partial charge is 0.591 e. The van der Waals surface area contributed by atoms with Gasteiger partial charge < -0.3 is 5.09 Å². The molecule has 2 nitrogen and oxygen atoms in total. The lowest BCUT2D eigenvalue weighted by molar-refractivity contribution is 0.592. The predicted octanol–water partition coefficient (Wildman–Crippen LogP) is 4.00. The first-order valence-electron chi connectivity index (χ1n) is 3.85. The molecule has 0 aliphatic heterocycles. The summed E-state index contributed by atoms with van der Waals surface area (Å²) in [6.45, 7) is 12.5. The summed E-state index contributed by atoms with van der Waals surface area (Å²) in [5.74, 6) is 0. The van der Waals surface area contributed by atoms with E-state index in [-0.39, 0.29) is 11.1 Å². The second kappa shape index (κ2) is 3.64. The number of hydrogen-bond donors (Lipinski definition) is 0. The highest BCUT2D eigenvalue weighted by Crippen LogP contribution is 2.27. The lowest BCUT2D eigenvalue weighted by Crippen LogP contribution is -2.09. The molecule has 0 saturated heterocycles. The van der Waals surface area contributed by atoms with Gasteiger partial charge in [0.25, 0.3) is 0 Å². The number of hydrogen-bond acceptors (Lipinski definition) is 1. The summed E-state index contributed by atoms with van der Waals surface area (Å²) in [5.41, 5.74) is 0.0760. The average Bonchev–Trinajstić information content (AvgIpc) is 1.55. The second-order valence-electron chi connectivity index (χ2n) is 4.63. The van der Waals surface area contributed by atoms with Crippen molar-refractivity contribution in [2.45, 2.75) is 52.6 Å². The third-order valence-electron chi connectivity index (χ3n) is 0.689. The van der Waals surface area contributed by atoms with Crippen LogP contribution in [0.5, 0.6) is 0 Å². The first-order chi connectivity index (χ1) is 4.71. The summed E-state index contributed by atoms with van der Waals surface area (Å²) >= 11 is 0. The van der Waals surface area contributed by atoms with Gasteiger partial charge in [0.2, 0.25) is 0 Å². The summed E-state index contributed by atoms with van der Waals surface area (Å²) in [4.78, 5) is 0. The van der Waals surface area contributed by atoms with Crippen molar-refractivity contribution in [2.24, 2.45) is 4.74 Å². The molecule has 0 unspecified atom stereocenters. The fourth-order valence-electron chi connectivity index (χ4n) is 0.291. The Morgan fingerprint density at radius 1 is 1.00 bits per heavy atom. The summed E-state index contributed by atoms with van der Waals surface area (Å²) in [6, 6.07) is 0. The molecule has 0 aliphatic carbocycles. The van der Waals surface area contributed by atoms with Gasteiger partial charge in [-0.2, -0.15) is 0 Å². The molecule has 0 aromatic heterocycles. The highest BCUT2D eigenvalue weighted by Gasteiger charge is 2.03. The molecule has 0 aromatic carbocycles. The van der Waals surface area contributed by atoms with Crippen molar-refractivity contribution < 1.29 is 0 Å². The van der Waals surface area contributed by atoms with Crippen molar-refractivity contribution in [1.82, 2.24) is 0 Å². The van der Waals surface area contributed by atoms with E-state index in [9.17, 15) is 0 Å². The molecule has 0 radical (unpaired) electrons. The van der Waals surface area contributed by atoms with Gasteiger partial charge in [-0.1, -0.05) is 20.8 Å². The van der Waals surface area contributed by atoms with E-state index in [1.165, 1.54) is 0 Å². The third kappa shape index (κ3) is 10.1. The molecule has 11 heavy (non-hydrogen) atoms. The summed E-state index contributed by atoms with van der Waals surface area (Å²) < 4.78 is 4.35. The normalized spacial score (nSPS) is 14.4. The van der Waals surface area contributed by atoms with Crippen LogP contribution in [-0.2, 0) is 0 Å². The number of rotatable bonds is 1. The molecule has 0 heterocycles. The first kappa shape index (κ1) is 11.1. The van der Waals surface area contributed by atoms with E-state index in [4.69, 9.17) is 0 Å². The molecule has 3 heteroatoms. The van der Waals surface area contributed by atoms with Gasteiger partial charge >= 0.3 is 0 Å². The van der Waals surface area contributed by atoms with E-state index in [2.05, 4.69) is 51.4 Å². The highest BCUT2D eigenvalue weighted by molar-refractivity contribution is 7.30. The Balaban J connectivity index is 3.80. The van der Waals surface area contributed by atoms with Crippen LogP contribution in [0.4, 0.5) is 0 Å². The minimum absolute atomic E-state index is 0.0380. The van der Waals surface area contributed by atoms with Gasteiger partial charge in [0.15, 0.2) is 0 Å². The van der Waals surface area contributed by atoms with Crippen LogP contribution in [0.2, 0.25) is 0 Å². The van der Waals surface area contributed by atoms with Gasteiger partial charge in [0.1, 0.15) is 0 Å². The van der Waals surface area contributed by atoms with Crippen molar-refractivity contribution in [3.63, 3.8) is 0 Å². The van der Waals surface area contributed by atoms with Gasteiger partial charge in [-0.25, -0.2) is 0 Å². The fraction of sp³-hybridized carbons (Fsp3) is 1.00. The maximum absolute atomic E-state index is 4.35. The third-order valence-corrected chi connectivity index (χ3v) is 2.07. The molecule has 0 atom stereocenters. The summed E-state index contributed by atoms with van der Waals surface area (Å²) in [6.07, 6.45) is 0. The maximum Gasteiger partial charge on any atom is 0.0547 e. The topological polar surface area (TPSA) is 26.5 Å². The van der Waals surface area contributed by atoms with Gasteiger partial charge in [0, 0.05) is 0 Å². The molecule has 0 amide bonds. The molecule has 66 valence electrons. The Morgan fingerprint density at radius 2 is 1.45 bits per heavy atom. The molecule has 0 saturated carbocycles. The molecule has 0 N–H and O–H groups in total. The molecule has 0 aliphatic rings. The summed E-state index contributed by atoms with van der Waals surface area (Å²) in [5, 5.41) is 4.35. The maximum atomic E-state index is 4.35. The molecule has 0 aromatic rings. The predicted molar refractivity (Wildman–Crippen MR) is 52.2 cm³/mol. The standard InChI is InChI=1S/C8H18N2P/c1-7(2,3)9-11-10-8(4,5)6/h1-6H3/q-1. The van der Waals surface area contributed by atoms with E-state index in [1.807, 2.05) is 0 Å². The van der Waals surface area contributed by atoms with Crippen LogP contribution in [0, 0.1) is 0 Å². The molecule has 0 spiro atoms. The van der Waals surface area contributed by atoms with Crippen LogP contribution in [0.25, 0.3) is 5.09 Å². The van der Waals surface area contributed by atoms with E-state index in [1.54, 1.807) is 0 Å². The van der Waals surface area contributed by atoms with E-state index in [0.717, 1.165) is 8.52 Å². The zero-order chi connectivity index (χ0) is 9.12. The van der Waals surface area contributed by atoms with Crippen molar-refractivity contribution in [3.05, 3.63) is 5.09 Å². The monoisotopic (exact) mass is 173 g/mol. The minimum atomic E-state index is 0.0380. The van der Waals surface area contributed by atoms with Crippen molar-refractivity contribution in [1.29, 1.82) is 0 Å². The van der Waals surface area contributed by atoms with Crippen LogP contribution in [0.1, 0.15) is 41.5 Å². The quantitative estimate of drug-likeness (QED) is 0.536. The number of nitrogens with zero attached hydrogens (tertiary/aromatic N) is 2. The van der Waals surface area contributed by atoms with Crippen molar-refractivity contribution in [2.75, 3.05) is 0 Å². The smallest absolute Gasteiger partial charge is 0.0547 e. The zero-order valence-corrected chi connectivity index (χ0v) is 9.24. The average molecular weight is 173 g/mol. The van der Waals surface area contributed by atoms with Crippen LogP contribution < -0.4 is 0 Å². The van der Waals surface area contributed by atoms with E-state index >= 15 is 0 Å². The lowest BCUT2D eigenvalue weighted by atomic mass is 10.1. The minimum Gasteiger partial charge on any atom is -0.591 e. The zero-order valence-electron chi connectivity index (χ0n) is 8.34. The van der Waals surface area contributed by atoms with Crippen LogP contribution in [0.3, 0.4) is 0 Å². The Bertz CT molecular complexity index is 139. The molecular formula is C8H18N2P-. The Kier molecular flexibility index (Phi) is 3.66. The summed E-state index contributed by atoms with van der Waals surface area (Å²) in [7, 11) is 0.851. The van der Waals surface area contributed by atoms with Crippen LogP contribution in [0.15, 0.2) is 4.74 Å². The Labute approximate surface area is 71.7 Å². The first-order valence-corrected chi connectivity index (χ1v) is 4.65. The molecular weight excluding hydrogens is 155 g/mol. The lowest BCUT2D eigenvalue weighted by Gasteiger charge is -2.32. The van der Waals surface area contributed by atoms with Gasteiger partial charge in [-0.05, 0) is 20.8 Å². The molecule has 0 bridgehead atoms. The Hall–Kier alpha value is 0.0600.